The van der Waals surface area contributed by atoms with E-state index in [2.05, 4.69) is 9.97 Å². The highest BCUT2D eigenvalue weighted by Gasteiger charge is 2.38. The number of ether oxygens (including phenoxy) is 1. The SMILES string of the molecule is CCOC(=O)[C@@H]1CN(CC)c2nc(Cl)ncc2C1=O. The second-order valence-corrected chi connectivity index (χ2v) is 4.42. The summed E-state index contributed by atoms with van der Waals surface area (Å²) in [7, 11) is 0. The standard InChI is InChI=1S/C12H14ClN3O3/c1-3-16-6-8(11(18)19-4-2)9(17)7-5-14-12(13)15-10(7)16/h5,8H,3-4,6H2,1-2H3/t8-/m1/s1. The summed E-state index contributed by atoms with van der Waals surface area (Å²) in [6, 6.07) is 0. The zero-order chi connectivity index (χ0) is 14.0. The molecular formula is C12H14ClN3O3. The van der Waals surface area contributed by atoms with Gasteiger partial charge in [-0.25, -0.2) is 4.98 Å². The second kappa shape index (κ2) is 5.52. The minimum Gasteiger partial charge on any atom is -0.465 e. The van der Waals surface area contributed by atoms with Crippen LogP contribution in [0.1, 0.15) is 24.2 Å². The van der Waals surface area contributed by atoms with Crippen LogP contribution in [0.25, 0.3) is 0 Å². The molecule has 0 amide bonds. The maximum absolute atomic E-state index is 12.3. The van der Waals surface area contributed by atoms with Crippen LogP contribution in [0, 0.1) is 5.92 Å². The molecule has 6 nitrogen and oxygen atoms in total. The van der Waals surface area contributed by atoms with Gasteiger partial charge in [-0.1, -0.05) is 0 Å². The van der Waals surface area contributed by atoms with Crippen LogP contribution in [0.3, 0.4) is 0 Å². The van der Waals surface area contributed by atoms with Crippen LogP contribution >= 0.6 is 11.6 Å². The zero-order valence-electron chi connectivity index (χ0n) is 10.7. The van der Waals surface area contributed by atoms with E-state index < -0.39 is 11.9 Å². The average Bonchev–Trinajstić information content (AvgIpc) is 2.39. The smallest absolute Gasteiger partial charge is 0.318 e. The Kier molecular flexibility index (Phi) is 3.99. The van der Waals surface area contributed by atoms with Crippen molar-refractivity contribution in [1.29, 1.82) is 0 Å². The van der Waals surface area contributed by atoms with Gasteiger partial charge in [0.15, 0.2) is 5.78 Å². The minimum absolute atomic E-state index is 0.0829. The molecule has 0 spiro atoms. The Morgan fingerprint density at radius 3 is 2.95 bits per heavy atom. The Bertz CT molecular complexity index is 521. The second-order valence-electron chi connectivity index (χ2n) is 4.08. The number of aromatic nitrogens is 2. The lowest BCUT2D eigenvalue weighted by molar-refractivity contribution is -0.145. The zero-order valence-corrected chi connectivity index (χ0v) is 11.5. The maximum Gasteiger partial charge on any atom is 0.318 e. The highest BCUT2D eigenvalue weighted by molar-refractivity contribution is 6.28. The first-order chi connectivity index (χ1) is 9.08. The summed E-state index contributed by atoms with van der Waals surface area (Å²) in [5.74, 6) is -1.16. The summed E-state index contributed by atoms with van der Waals surface area (Å²) in [6.45, 7) is 4.74. The van der Waals surface area contributed by atoms with Crippen molar-refractivity contribution in [3.63, 3.8) is 0 Å². The molecule has 7 heteroatoms. The first-order valence-corrected chi connectivity index (χ1v) is 6.44. The molecule has 102 valence electrons. The van der Waals surface area contributed by atoms with Gasteiger partial charge in [-0.3, -0.25) is 9.59 Å². The third-order valence-corrected chi connectivity index (χ3v) is 3.16. The molecule has 0 N–H and O–H groups in total. The Balaban J connectivity index is 2.39. The number of anilines is 1. The Morgan fingerprint density at radius 2 is 2.32 bits per heavy atom. The molecule has 0 saturated carbocycles. The van der Waals surface area contributed by atoms with Crippen LogP contribution in [0.2, 0.25) is 5.28 Å². The van der Waals surface area contributed by atoms with Gasteiger partial charge in [0.1, 0.15) is 11.7 Å². The predicted molar refractivity (Wildman–Crippen MR) is 69.4 cm³/mol. The number of esters is 1. The topological polar surface area (TPSA) is 72.4 Å². The lowest BCUT2D eigenvalue weighted by atomic mass is 9.94. The molecule has 1 aliphatic heterocycles. The molecule has 1 atom stereocenters. The molecule has 0 radical (unpaired) electrons. The fourth-order valence-corrected chi connectivity index (χ4v) is 2.18. The fraction of sp³-hybridized carbons (Fsp3) is 0.500. The van der Waals surface area contributed by atoms with Crippen LogP contribution in [0.4, 0.5) is 5.82 Å². The van der Waals surface area contributed by atoms with Crippen LogP contribution < -0.4 is 4.90 Å². The molecule has 1 aromatic rings. The van der Waals surface area contributed by atoms with E-state index in [0.717, 1.165) is 0 Å². The van der Waals surface area contributed by atoms with Crippen molar-refractivity contribution in [3.05, 3.63) is 17.0 Å². The molecule has 1 aliphatic rings. The van der Waals surface area contributed by atoms with Gasteiger partial charge < -0.3 is 9.64 Å². The summed E-state index contributed by atoms with van der Waals surface area (Å²) in [6.07, 6.45) is 1.36. The summed E-state index contributed by atoms with van der Waals surface area (Å²) in [5.41, 5.74) is 0.315. The molecule has 0 bridgehead atoms. The lowest BCUT2D eigenvalue weighted by Gasteiger charge is -2.31. The number of halogens is 1. The van der Waals surface area contributed by atoms with Crippen molar-refractivity contribution < 1.29 is 14.3 Å². The van der Waals surface area contributed by atoms with Crippen LogP contribution in [-0.4, -0.2) is 41.4 Å². The molecule has 1 aromatic heterocycles. The Morgan fingerprint density at radius 1 is 1.58 bits per heavy atom. The quantitative estimate of drug-likeness (QED) is 0.473. The van der Waals surface area contributed by atoms with Crippen molar-refractivity contribution in [2.75, 3.05) is 24.6 Å². The number of fused-ring (bicyclic) bond motifs is 1. The van der Waals surface area contributed by atoms with E-state index in [0.29, 0.717) is 17.9 Å². The number of carbonyl (C=O) groups excluding carboxylic acids is 2. The van der Waals surface area contributed by atoms with Gasteiger partial charge in [0.25, 0.3) is 0 Å². The number of Topliss-reactive ketones (excluding diaryl/α,β-unsaturated/α-hetero) is 1. The van der Waals surface area contributed by atoms with Gasteiger partial charge in [-0.05, 0) is 25.4 Å². The van der Waals surface area contributed by atoms with Crippen molar-refractivity contribution in [2.45, 2.75) is 13.8 Å². The maximum atomic E-state index is 12.3. The van der Waals surface area contributed by atoms with E-state index in [-0.39, 0.29) is 24.2 Å². The van der Waals surface area contributed by atoms with E-state index in [1.807, 2.05) is 11.8 Å². The number of nitrogens with zero attached hydrogens (tertiary/aromatic N) is 3. The highest BCUT2D eigenvalue weighted by Crippen LogP contribution is 2.28. The van der Waals surface area contributed by atoms with E-state index in [9.17, 15) is 9.59 Å². The van der Waals surface area contributed by atoms with Crippen molar-refractivity contribution in [1.82, 2.24) is 9.97 Å². The lowest BCUT2D eigenvalue weighted by Crippen LogP contribution is -2.44. The van der Waals surface area contributed by atoms with E-state index in [1.165, 1.54) is 6.20 Å². The largest absolute Gasteiger partial charge is 0.465 e. The first kappa shape index (κ1) is 13.7. The van der Waals surface area contributed by atoms with E-state index in [4.69, 9.17) is 16.3 Å². The molecule has 0 aliphatic carbocycles. The van der Waals surface area contributed by atoms with Crippen LogP contribution in [-0.2, 0) is 9.53 Å². The predicted octanol–water partition coefficient (Wildman–Crippen LogP) is 1.33. The van der Waals surface area contributed by atoms with Crippen molar-refractivity contribution >= 4 is 29.2 Å². The summed E-state index contributed by atoms with van der Waals surface area (Å²) >= 11 is 5.74. The number of hydrogen-bond donors (Lipinski definition) is 0. The third kappa shape index (κ3) is 2.53. The minimum atomic E-state index is -0.822. The summed E-state index contributed by atoms with van der Waals surface area (Å²) in [4.78, 5) is 33.8. The van der Waals surface area contributed by atoms with Gasteiger partial charge in [-0.2, -0.15) is 4.98 Å². The first-order valence-electron chi connectivity index (χ1n) is 6.06. The summed E-state index contributed by atoms with van der Waals surface area (Å²) < 4.78 is 4.93. The average molecular weight is 284 g/mol. The Hall–Kier alpha value is -1.69. The molecular weight excluding hydrogens is 270 g/mol. The molecule has 0 saturated heterocycles. The highest BCUT2D eigenvalue weighted by atomic mass is 35.5. The summed E-state index contributed by atoms with van der Waals surface area (Å²) in [5, 5.41) is 0.0829. The molecule has 0 fully saturated rings. The molecule has 0 aromatic carbocycles. The normalized spacial score (nSPS) is 18.2. The van der Waals surface area contributed by atoms with Gasteiger partial charge in [0, 0.05) is 19.3 Å². The number of hydrogen-bond acceptors (Lipinski definition) is 6. The van der Waals surface area contributed by atoms with E-state index >= 15 is 0 Å². The number of ketones is 1. The van der Waals surface area contributed by atoms with Crippen molar-refractivity contribution in [2.24, 2.45) is 5.92 Å². The van der Waals surface area contributed by atoms with Crippen molar-refractivity contribution in [3.8, 4) is 0 Å². The van der Waals surface area contributed by atoms with Crippen LogP contribution in [0.5, 0.6) is 0 Å². The third-order valence-electron chi connectivity index (χ3n) is 2.98. The van der Waals surface area contributed by atoms with E-state index in [1.54, 1.807) is 6.92 Å². The number of rotatable bonds is 3. The monoisotopic (exact) mass is 283 g/mol. The van der Waals surface area contributed by atoms with Gasteiger partial charge in [0.05, 0.1) is 12.2 Å². The number of carbonyl (C=O) groups is 2. The molecule has 2 rings (SSSR count). The van der Waals surface area contributed by atoms with Gasteiger partial charge in [-0.15, -0.1) is 0 Å². The molecule has 0 unspecified atom stereocenters. The fourth-order valence-electron chi connectivity index (χ4n) is 2.05. The molecule has 2 heterocycles. The Labute approximate surface area is 115 Å². The van der Waals surface area contributed by atoms with Gasteiger partial charge in [0.2, 0.25) is 5.28 Å². The van der Waals surface area contributed by atoms with Crippen LogP contribution in [0.15, 0.2) is 6.20 Å². The molecule has 19 heavy (non-hydrogen) atoms. The van der Waals surface area contributed by atoms with Gasteiger partial charge >= 0.3 is 5.97 Å².